The summed E-state index contributed by atoms with van der Waals surface area (Å²) in [4.78, 5) is 13.1. The molecule has 0 aliphatic carbocycles. The van der Waals surface area contributed by atoms with E-state index in [-0.39, 0.29) is 11.9 Å². The van der Waals surface area contributed by atoms with Crippen molar-refractivity contribution < 1.29 is 4.79 Å². The molecule has 1 N–H and O–H groups in total. The van der Waals surface area contributed by atoms with Gasteiger partial charge in [-0.1, -0.05) is 18.2 Å². The quantitative estimate of drug-likeness (QED) is 0.880. The maximum absolute atomic E-state index is 11.9. The van der Waals surface area contributed by atoms with E-state index in [1.807, 2.05) is 49.6 Å². The molecule has 2 nitrogen and oxygen atoms in total. The fourth-order valence-corrected chi connectivity index (χ4v) is 2.33. The Kier molecular flexibility index (Phi) is 3.59. The van der Waals surface area contributed by atoms with Crippen LogP contribution in [0.25, 0.3) is 10.4 Å². The third-order valence-corrected chi connectivity index (χ3v) is 3.27. The lowest BCUT2D eigenvalue weighted by Crippen LogP contribution is -2.29. The highest BCUT2D eigenvalue weighted by atomic mass is 32.1. The Morgan fingerprint density at radius 3 is 2.71 bits per heavy atom. The predicted molar refractivity (Wildman–Crippen MR) is 72.4 cm³/mol. The van der Waals surface area contributed by atoms with E-state index in [0.29, 0.717) is 5.56 Å². The van der Waals surface area contributed by atoms with Gasteiger partial charge in [-0.05, 0) is 43.0 Å². The van der Waals surface area contributed by atoms with E-state index >= 15 is 0 Å². The van der Waals surface area contributed by atoms with Gasteiger partial charge in [-0.25, -0.2) is 0 Å². The zero-order valence-electron chi connectivity index (χ0n) is 9.94. The first-order valence-corrected chi connectivity index (χ1v) is 6.49. The molecule has 3 heteroatoms. The predicted octanol–water partition coefficient (Wildman–Crippen LogP) is 3.55. The fourth-order valence-electron chi connectivity index (χ4n) is 1.60. The number of hydrogen-bond donors (Lipinski definition) is 1. The van der Waals surface area contributed by atoms with E-state index in [1.165, 1.54) is 4.88 Å². The summed E-state index contributed by atoms with van der Waals surface area (Å²) >= 11 is 1.68. The zero-order valence-corrected chi connectivity index (χ0v) is 10.8. The van der Waals surface area contributed by atoms with Crippen molar-refractivity contribution in [3.05, 3.63) is 47.3 Å². The van der Waals surface area contributed by atoms with Gasteiger partial charge in [0, 0.05) is 16.5 Å². The zero-order chi connectivity index (χ0) is 12.3. The molecule has 1 aromatic carbocycles. The first kappa shape index (κ1) is 11.9. The largest absolute Gasteiger partial charge is 0.350 e. The van der Waals surface area contributed by atoms with Crippen molar-refractivity contribution >= 4 is 17.2 Å². The molecule has 0 unspecified atom stereocenters. The van der Waals surface area contributed by atoms with Crippen LogP contribution in [-0.4, -0.2) is 11.9 Å². The third kappa shape index (κ3) is 2.94. The van der Waals surface area contributed by atoms with Crippen molar-refractivity contribution in [2.75, 3.05) is 0 Å². The van der Waals surface area contributed by atoms with Gasteiger partial charge >= 0.3 is 0 Å². The van der Waals surface area contributed by atoms with Crippen LogP contribution in [0.1, 0.15) is 24.2 Å². The van der Waals surface area contributed by atoms with Gasteiger partial charge < -0.3 is 5.32 Å². The SMILES string of the molecule is CC(C)NC(=O)c1cccc(-c2cccs2)c1. The van der Waals surface area contributed by atoms with Gasteiger partial charge in [-0.3, -0.25) is 4.79 Å². The number of carbonyl (C=O) groups is 1. The number of hydrogen-bond acceptors (Lipinski definition) is 2. The molecule has 0 fully saturated rings. The molecule has 0 radical (unpaired) electrons. The Hall–Kier alpha value is -1.61. The molecular weight excluding hydrogens is 230 g/mol. The topological polar surface area (TPSA) is 29.1 Å². The van der Waals surface area contributed by atoms with Crippen LogP contribution < -0.4 is 5.32 Å². The molecule has 88 valence electrons. The fraction of sp³-hybridized carbons (Fsp3) is 0.214. The minimum absolute atomic E-state index is 0.0154. The third-order valence-electron chi connectivity index (χ3n) is 2.35. The minimum atomic E-state index is -0.0154. The molecule has 2 aromatic rings. The Balaban J connectivity index is 2.26. The van der Waals surface area contributed by atoms with Gasteiger partial charge in [0.25, 0.3) is 5.91 Å². The Morgan fingerprint density at radius 1 is 1.24 bits per heavy atom. The van der Waals surface area contributed by atoms with E-state index in [0.717, 1.165) is 5.56 Å². The van der Waals surface area contributed by atoms with Crippen molar-refractivity contribution in [3.8, 4) is 10.4 Å². The van der Waals surface area contributed by atoms with E-state index < -0.39 is 0 Å². The Morgan fingerprint density at radius 2 is 2.06 bits per heavy atom. The summed E-state index contributed by atoms with van der Waals surface area (Å²) in [6, 6.07) is 12.0. The second-order valence-electron chi connectivity index (χ2n) is 4.19. The molecule has 0 saturated carbocycles. The first-order chi connectivity index (χ1) is 8.16. The summed E-state index contributed by atoms with van der Waals surface area (Å²) in [6.45, 7) is 3.92. The average Bonchev–Trinajstić information content (AvgIpc) is 2.82. The van der Waals surface area contributed by atoms with Crippen LogP contribution in [0.2, 0.25) is 0 Å². The highest BCUT2D eigenvalue weighted by molar-refractivity contribution is 7.13. The Labute approximate surface area is 105 Å². The van der Waals surface area contributed by atoms with Crippen LogP contribution in [0.3, 0.4) is 0 Å². The monoisotopic (exact) mass is 245 g/mol. The summed E-state index contributed by atoms with van der Waals surface area (Å²) < 4.78 is 0. The van der Waals surface area contributed by atoms with E-state index in [1.54, 1.807) is 11.3 Å². The van der Waals surface area contributed by atoms with Crippen molar-refractivity contribution in [3.63, 3.8) is 0 Å². The number of amides is 1. The number of thiophene rings is 1. The number of carbonyl (C=O) groups excluding carboxylic acids is 1. The molecule has 0 aliphatic rings. The smallest absolute Gasteiger partial charge is 0.251 e. The highest BCUT2D eigenvalue weighted by Gasteiger charge is 2.08. The van der Waals surface area contributed by atoms with Crippen LogP contribution in [0.5, 0.6) is 0 Å². The van der Waals surface area contributed by atoms with Gasteiger partial charge in [0.2, 0.25) is 0 Å². The standard InChI is InChI=1S/C14H15NOS/c1-10(2)15-14(16)12-6-3-5-11(9-12)13-7-4-8-17-13/h3-10H,1-2H3,(H,15,16). The number of nitrogens with one attached hydrogen (secondary N) is 1. The summed E-state index contributed by atoms with van der Waals surface area (Å²) in [5.74, 6) is -0.0154. The van der Waals surface area contributed by atoms with Crippen LogP contribution in [-0.2, 0) is 0 Å². The maximum Gasteiger partial charge on any atom is 0.251 e. The molecule has 1 heterocycles. The molecule has 0 saturated heterocycles. The van der Waals surface area contributed by atoms with E-state index in [2.05, 4.69) is 11.4 Å². The van der Waals surface area contributed by atoms with Gasteiger partial charge in [-0.15, -0.1) is 11.3 Å². The summed E-state index contributed by atoms with van der Waals surface area (Å²) in [7, 11) is 0. The van der Waals surface area contributed by atoms with Crippen molar-refractivity contribution in [2.24, 2.45) is 0 Å². The molecule has 0 spiro atoms. The molecule has 1 amide bonds. The molecule has 0 aliphatic heterocycles. The minimum Gasteiger partial charge on any atom is -0.350 e. The molecule has 1 aromatic heterocycles. The molecule has 17 heavy (non-hydrogen) atoms. The van der Waals surface area contributed by atoms with Crippen LogP contribution in [0.15, 0.2) is 41.8 Å². The van der Waals surface area contributed by atoms with Crippen LogP contribution >= 0.6 is 11.3 Å². The lowest BCUT2D eigenvalue weighted by molar-refractivity contribution is 0.0943. The molecule has 0 bridgehead atoms. The van der Waals surface area contributed by atoms with Gasteiger partial charge in [0.15, 0.2) is 0 Å². The normalized spacial score (nSPS) is 10.5. The Bertz CT molecular complexity index is 503. The summed E-state index contributed by atoms with van der Waals surface area (Å²) in [6.07, 6.45) is 0. The highest BCUT2D eigenvalue weighted by Crippen LogP contribution is 2.25. The van der Waals surface area contributed by atoms with Gasteiger partial charge in [0.1, 0.15) is 0 Å². The molecule has 0 atom stereocenters. The van der Waals surface area contributed by atoms with Crippen molar-refractivity contribution in [1.82, 2.24) is 5.32 Å². The van der Waals surface area contributed by atoms with Crippen molar-refractivity contribution in [1.29, 1.82) is 0 Å². The van der Waals surface area contributed by atoms with Gasteiger partial charge in [0.05, 0.1) is 0 Å². The summed E-state index contributed by atoms with van der Waals surface area (Å²) in [5.41, 5.74) is 1.81. The van der Waals surface area contributed by atoms with E-state index in [4.69, 9.17) is 0 Å². The average molecular weight is 245 g/mol. The number of rotatable bonds is 3. The lowest BCUT2D eigenvalue weighted by Gasteiger charge is -2.08. The van der Waals surface area contributed by atoms with E-state index in [9.17, 15) is 4.79 Å². The molecular formula is C14H15NOS. The van der Waals surface area contributed by atoms with Crippen LogP contribution in [0, 0.1) is 0 Å². The second kappa shape index (κ2) is 5.15. The van der Waals surface area contributed by atoms with Gasteiger partial charge in [-0.2, -0.15) is 0 Å². The molecule has 2 rings (SSSR count). The second-order valence-corrected chi connectivity index (χ2v) is 5.13. The number of benzene rings is 1. The lowest BCUT2D eigenvalue weighted by atomic mass is 10.1. The summed E-state index contributed by atoms with van der Waals surface area (Å²) in [5, 5.41) is 4.93. The maximum atomic E-state index is 11.9. The first-order valence-electron chi connectivity index (χ1n) is 5.61. The van der Waals surface area contributed by atoms with Crippen LogP contribution in [0.4, 0.5) is 0 Å². The van der Waals surface area contributed by atoms with Crippen molar-refractivity contribution in [2.45, 2.75) is 19.9 Å².